The van der Waals surface area contributed by atoms with Crippen LogP contribution in [-0.4, -0.2) is 12.5 Å². The van der Waals surface area contributed by atoms with E-state index in [4.69, 9.17) is 4.74 Å². The molecule has 35 heavy (non-hydrogen) atoms. The predicted molar refractivity (Wildman–Crippen MR) is 144 cm³/mol. The fourth-order valence-electron chi connectivity index (χ4n) is 5.13. The first-order valence-corrected chi connectivity index (χ1v) is 13.2. The minimum Gasteiger partial charge on any atom is -0.494 e. The van der Waals surface area contributed by atoms with Gasteiger partial charge in [0.05, 0.1) is 6.61 Å². The zero-order valence-corrected chi connectivity index (χ0v) is 20.5. The molecule has 2 aliphatic carbocycles. The second-order valence-corrected chi connectivity index (χ2v) is 10.0. The highest BCUT2D eigenvalue weighted by Gasteiger charge is 2.27. The van der Waals surface area contributed by atoms with Gasteiger partial charge in [0.25, 0.3) is 5.91 Å². The van der Waals surface area contributed by atoms with E-state index in [2.05, 4.69) is 22.8 Å². The normalized spacial score (nSPS) is 16.0. The number of hydrogen-bond donors (Lipinski definition) is 2. The highest BCUT2D eigenvalue weighted by molar-refractivity contribution is 6.04. The summed E-state index contributed by atoms with van der Waals surface area (Å²) in [5, 5.41) is 6.57. The molecule has 3 aromatic carbocycles. The van der Waals surface area contributed by atoms with E-state index in [0.29, 0.717) is 11.5 Å². The number of ether oxygens (including phenoxy) is 1. The first-order chi connectivity index (χ1) is 17.2. The van der Waals surface area contributed by atoms with Crippen LogP contribution < -0.4 is 15.4 Å². The highest BCUT2D eigenvalue weighted by Crippen LogP contribution is 2.44. The van der Waals surface area contributed by atoms with Crippen LogP contribution in [0.3, 0.4) is 0 Å². The van der Waals surface area contributed by atoms with Crippen molar-refractivity contribution in [3.63, 3.8) is 0 Å². The number of anilines is 3. The summed E-state index contributed by atoms with van der Waals surface area (Å²) in [4.78, 5) is 12.8. The molecule has 1 amide bonds. The molecule has 2 aliphatic rings. The summed E-state index contributed by atoms with van der Waals surface area (Å²) in [5.41, 5.74) is 4.79. The Morgan fingerprint density at radius 2 is 1.63 bits per heavy atom. The molecule has 0 unspecified atom stereocenters. The van der Waals surface area contributed by atoms with Gasteiger partial charge in [0.1, 0.15) is 5.75 Å². The van der Waals surface area contributed by atoms with Crippen LogP contribution in [0.15, 0.2) is 72.8 Å². The molecule has 2 N–H and O–H groups in total. The average molecular weight is 469 g/mol. The van der Waals surface area contributed by atoms with Crippen molar-refractivity contribution in [2.24, 2.45) is 5.92 Å². The molecule has 0 heterocycles. The second kappa shape index (κ2) is 11.4. The minimum atomic E-state index is -0.0757. The molecule has 0 atom stereocenters. The van der Waals surface area contributed by atoms with Gasteiger partial charge in [-0.05, 0) is 85.5 Å². The zero-order valence-electron chi connectivity index (χ0n) is 20.5. The van der Waals surface area contributed by atoms with Crippen molar-refractivity contribution >= 4 is 23.0 Å². The smallest absolute Gasteiger partial charge is 0.255 e. The number of benzene rings is 3. The van der Waals surface area contributed by atoms with Gasteiger partial charge in [-0.1, -0.05) is 56.4 Å². The molecule has 0 saturated heterocycles. The van der Waals surface area contributed by atoms with Crippen molar-refractivity contribution in [3.8, 4) is 5.75 Å². The maximum Gasteiger partial charge on any atom is 0.255 e. The average Bonchev–Trinajstić information content (AvgIpc) is 3.74. The van der Waals surface area contributed by atoms with E-state index >= 15 is 0 Å². The van der Waals surface area contributed by atoms with Gasteiger partial charge in [-0.2, -0.15) is 0 Å². The number of nitrogens with one attached hydrogen (secondary N) is 2. The Bertz CT molecular complexity index is 1120. The Morgan fingerprint density at radius 3 is 2.43 bits per heavy atom. The van der Waals surface area contributed by atoms with Gasteiger partial charge >= 0.3 is 0 Å². The van der Waals surface area contributed by atoms with E-state index in [1.165, 1.54) is 56.9 Å². The van der Waals surface area contributed by atoms with E-state index in [1.807, 2.05) is 60.7 Å². The Kier molecular flexibility index (Phi) is 7.67. The molecule has 2 fully saturated rings. The molecule has 3 aromatic rings. The Labute approximate surface area is 209 Å². The first-order valence-electron chi connectivity index (χ1n) is 13.2. The lowest BCUT2D eigenvalue weighted by molar-refractivity contribution is 0.102. The van der Waals surface area contributed by atoms with Gasteiger partial charge < -0.3 is 15.4 Å². The van der Waals surface area contributed by atoms with Crippen molar-refractivity contribution in [1.82, 2.24) is 0 Å². The number of amides is 1. The third kappa shape index (κ3) is 6.66. The molecule has 0 spiro atoms. The summed E-state index contributed by atoms with van der Waals surface area (Å²) in [6, 6.07) is 23.8. The van der Waals surface area contributed by atoms with Gasteiger partial charge in [0.2, 0.25) is 0 Å². The number of hydrogen-bond acceptors (Lipinski definition) is 3. The molecule has 0 bridgehead atoms. The summed E-state index contributed by atoms with van der Waals surface area (Å²) in [6.45, 7) is 0.776. The van der Waals surface area contributed by atoms with E-state index in [9.17, 15) is 4.79 Å². The molecule has 2 saturated carbocycles. The van der Waals surface area contributed by atoms with Crippen molar-refractivity contribution in [3.05, 3.63) is 83.9 Å². The third-order valence-electron chi connectivity index (χ3n) is 7.23. The molecular weight excluding hydrogens is 432 g/mol. The molecule has 4 heteroatoms. The van der Waals surface area contributed by atoms with Crippen LogP contribution in [0.2, 0.25) is 0 Å². The molecule has 0 aliphatic heterocycles. The molecule has 0 radical (unpaired) electrons. The van der Waals surface area contributed by atoms with E-state index < -0.39 is 0 Å². The largest absolute Gasteiger partial charge is 0.494 e. The maximum atomic E-state index is 12.8. The summed E-state index contributed by atoms with van der Waals surface area (Å²) in [5.74, 6) is 2.25. The SMILES string of the molecule is O=C(Nc1ccccc1)c1ccc(Nc2cccc(OCCCC3CCCCC3)c2)c(C2CC2)c1. The van der Waals surface area contributed by atoms with Gasteiger partial charge in [-0.15, -0.1) is 0 Å². The summed E-state index contributed by atoms with van der Waals surface area (Å²) >= 11 is 0. The van der Waals surface area contributed by atoms with Crippen LogP contribution in [0.1, 0.15) is 79.6 Å². The predicted octanol–water partition coefficient (Wildman–Crippen LogP) is 8.30. The number of para-hydroxylation sites is 1. The van der Waals surface area contributed by atoms with Crippen LogP contribution in [0, 0.1) is 5.92 Å². The van der Waals surface area contributed by atoms with Crippen LogP contribution in [0.25, 0.3) is 0 Å². The summed E-state index contributed by atoms with van der Waals surface area (Å²) < 4.78 is 6.08. The number of rotatable bonds is 10. The standard InChI is InChI=1S/C31H36N2O2/c34-31(33-26-12-5-2-6-13-26)25-18-19-30(29(21-25)24-16-17-24)32-27-14-7-15-28(22-27)35-20-8-11-23-9-3-1-4-10-23/h2,5-7,12-15,18-19,21-24,32H,1,3-4,8-11,16-17,20H2,(H,33,34). The quantitative estimate of drug-likeness (QED) is 0.294. The van der Waals surface area contributed by atoms with E-state index in [-0.39, 0.29) is 5.91 Å². The Morgan fingerprint density at radius 1 is 0.829 bits per heavy atom. The van der Waals surface area contributed by atoms with Crippen LogP contribution in [-0.2, 0) is 0 Å². The zero-order chi connectivity index (χ0) is 23.9. The summed E-state index contributed by atoms with van der Waals surface area (Å²) in [7, 11) is 0. The molecular formula is C31H36N2O2. The van der Waals surface area contributed by atoms with Gasteiger partial charge in [0, 0.05) is 28.7 Å². The Balaban J connectivity index is 1.20. The minimum absolute atomic E-state index is 0.0757. The summed E-state index contributed by atoms with van der Waals surface area (Å²) in [6.07, 6.45) is 11.8. The van der Waals surface area contributed by atoms with E-state index in [1.54, 1.807) is 0 Å². The highest BCUT2D eigenvalue weighted by atomic mass is 16.5. The lowest BCUT2D eigenvalue weighted by atomic mass is 9.86. The van der Waals surface area contributed by atoms with Crippen LogP contribution >= 0.6 is 0 Å². The van der Waals surface area contributed by atoms with Crippen LogP contribution in [0.4, 0.5) is 17.1 Å². The van der Waals surface area contributed by atoms with Crippen molar-refractivity contribution in [2.75, 3.05) is 17.2 Å². The lowest BCUT2D eigenvalue weighted by Gasteiger charge is -2.21. The third-order valence-corrected chi connectivity index (χ3v) is 7.23. The van der Waals surface area contributed by atoms with E-state index in [0.717, 1.165) is 41.8 Å². The van der Waals surface area contributed by atoms with Gasteiger partial charge in [-0.25, -0.2) is 0 Å². The van der Waals surface area contributed by atoms with Crippen molar-refractivity contribution in [2.45, 2.75) is 63.7 Å². The topological polar surface area (TPSA) is 50.4 Å². The molecule has 0 aromatic heterocycles. The molecule has 182 valence electrons. The molecule has 5 rings (SSSR count). The fourth-order valence-corrected chi connectivity index (χ4v) is 5.13. The lowest BCUT2D eigenvalue weighted by Crippen LogP contribution is -2.12. The van der Waals surface area contributed by atoms with Crippen molar-refractivity contribution in [1.29, 1.82) is 0 Å². The monoisotopic (exact) mass is 468 g/mol. The maximum absolute atomic E-state index is 12.8. The number of carbonyl (C=O) groups excluding carboxylic acids is 1. The molecule has 4 nitrogen and oxygen atoms in total. The second-order valence-electron chi connectivity index (χ2n) is 10.0. The van der Waals surface area contributed by atoms with Gasteiger partial charge in [-0.3, -0.25) is 4.79 Å². The van der Waals surface area contributed by atoms with Gasteiger partial charge in [0.15, 0.2) is 0 Å². The van der Waals surface area contributed by atoms with Crippen LogP contribution in [0.5, 0.6) is 5.75 Å². The Hall–Kier alpha value is -3.27. The van der Waals surface area contributed by atoms with Crippen molar-refractivity contribution < 1.29 is 9.53 Å². The first kappa shape index (κ1) is 23.5. The fraction of sp³-hybridized carbons (Fsp3) is 0.387. The number of carbonyl (C=O) groups is 1.